The molecule has 4 nitrogen and oxygen atoms in total. The second kappa shape index (κ2) is 5.87. The molecule has 1 fully saturated rings. The summed E-state index contributed by atoms with van der Waals surface area (Å²) in [4.78, 5) is 12.5. The van der Waals surface area contributed by atoms with Gasteiger partial charge in [-0.3, -0.25) is 4.79 Å². The first-order chi connectivity index (χ1) is 11.6. The van der Waals surface area contributed by atoms with Gasteiger partial charge in [-0.05, 0) is 43.2 Å². The minimum atomic E-state index is -0.282. The number of anilines is 1. The molecule has 2 aromatic rings. The molecule has 2 aliphatic rings. The highest BCUT2D eigenvalue weighted by Crippen LogP contribution is 2.49. The number of halogens is 2. The summed E-state index contributed by atoms with van der Waals surface area (Å²) in [6, 6.07) is 10.3. The van der Waals surface area contributed by atoms with E-state index in [2.05, 4.69) is 5.32 Å². The van der Waals surface area contributed by atoms with E-state index in [0.717, 1.165) is 12.8 Å². The summed E-state index contributed by atoms with van der Waals surface area (Å²) in [5.74, 6) is 0.996. The average molecular weight is 364 g/mol. The molecule has 0 radical (unpaired) electrons. The van der Waals surface area contributed by atoms with Crippen molar-refractivity contribution in [3.63, 3.8) is 0 Å². The highest BCUT2D eigenvalue weighted by atomic mass is 35.5. The first kappa shape index (κ1) is 15.6. The molecule has 24 heavy (non-hydrogen) atoms. The summed E-state index contributed by atoms with van der Waals surface area (Å²) in [5.41, 5.74) is 1.11. The van der Waals surface area contributed by atoms with Gasteiger partial charge in [-0.1, -0.05) is 29.3 Å². The first-order valence-electron chi connectivity index (χ1n) is 7.71. The monoisotopic (exact) mass is 363 g/mol. The van der Waals surface area contributed by atoms with Crippen molar-refractivity contribution in [3.05, 3.63) is 52.0 Å². The maximum Gasteiger partial charge on any atom is 0.255 e. The molecule has 1 aliphatic carbocycles. The van der Waals surface area contributed by atoms with E-state index >= 15 is 0 Å². The normalized spacial score (nSPS) is 17.2. The molecule has 6 heteroatoms. The molecular weight excluding hydrogens is 349 g/mol. The second-order valence-corrected chi connectivity index (χ2v) is 7.08. The molecule has 0 saturated heterocycles. The summed E-state index contributed by atoms with van der Waals surface area (Å²) >= 11 is 12.1. The van der Waals surface area contributed by atoms with Crippen molar-refractivity contribution in [2.75, 3.05) is 18.5 Å². The van der Waals surface area contributed by atoms with Crippen LogP contribution in [0.4, 0.5) is 5.69 Å². The summed E-state index contributed by atoms with van der Waals surface area (Å²) in [7, 11) is 0. The summed E-state index contributed by atoms with van der Waals surface area (Å²) in [5, 5.41) is 3.48. The van der Waals surface area contributed by atoms with Gasteiger partial charge >= 0.3 is 0 Å². The molecule has 0 aromatic heterocycles. The van der Waals surface area contributed by atoms with Crippen LogP contribution in [-0.2, 0) is 0 Å². The lowest BCUT2D eigenvalue weighted by molar-refractivity contribution is 0.102. The van der Waals surface area contributed by atoms with Crippen molar-refractivity contribution in [3.8, 4) is 11.5 Å². The summed E-state index contributed by atoms with van der Waals surface area (Å²) in [6.07, 6.45) is 2.25. The van der Waals surface area contributed by atoms with Gasteiger partial charge in [0.05, 0.1) is 28.9 Å². The lowest BCUT2D eigenvalue weighted by Crippen LogP contribution is -2.17. The van der Waals surface area contributed by atoms with Crippen molar-refractivity contribution >= 4 is 34.8 Å². The molecule has 0 unspecified atom stereocenters. The van der Waals surface area contributed by atoms with Gasteiger partial charge in [-0.25, -0.2) is 0 Å². The van der Waals surface area contributed by atoms with Gasteiger partial charge in [0.25, 0.3) is 5.91 Å². The number of benzene rings is 2. The molecule has 1 heterocycles. The quantitative estimate of drug-likeness (QED) is 0.833. The Balaban J connectivity index is 1.55. The van der Waals surface area contributed by atoms with Gasteiger partial charge in [0.1, 0.15) is 0 Å². The van der Waals surface area contributed by atoms with E-state index < -0.39 is 0 Å². The zero-order valence-electron chi connectivity index (χ0n) is 12.8. The average Bonchev–Trinajstić information content (AvgIpc) is 3.38. The smallest absolute Gasteiger partial charge is 0.255 e. The van der Waals surface area contributed by atoms with Crippen LogP contribution in [0, 0.1) is 5.41 Å². The molecule has 2 aromatic carbocycles. The van der Waals surface area contributed by atoms with Gasteiger partial charge in [-0.15, -0.1) is 0 Å². The number of amides is 1. The van der Waals surface area contributed by atoms with Gasteiger partial charge in [-0.2, -0.15) is 0 Å². The zero-order valence-corrected chi connectivity index (χ0v) is 14.3. The van der Waals surface area contributed by atoms with Crippen LogP contribution in [0.15, 0.2) is 36.4 Å². The predicted octanol–water partition coefficient (Wildman–Crippen LogP) is 4.80. The van der Waals surface area contributed by atoms with Gasteiger partial charge in [0.15, 0.2) is 11.5 Å². The van der Waals surface area contributed by atoms with E-state index in [1.54, 1.807) is 36.4 Å². The number of hydrogen-bond acceptors (Lipinski definition) is 3. The van der Waals surface area contributed by atoms with Crippen LogP contribution in [0.3, 0.4) is 0 Å². The molecule has 0 atom stereocenters. The third-order valence-corrected chi connectivity index (χ3v) is 5.25. The Labute approximate surface area is 149 Å². The molecule has 1 aliphatic heterocycles. The van der Waals surface area contributed by atoms with Crippen LogP contribution in [0.25, 0.3) is 0 Å². The summed E-state index contributed by atoms with van der Waals surface area (Å²) < 4.78 is 11.7. The number of rotatable bonds is 2. The highest BCUT2D eigenvalue weighted by molar-refractivity contribution is 6.44. The van der Waals surface area contributed by atoms with Crippen molar-refractivity contribution in [1.82, 2.24) is 0 Å². The van der Waals surface area contributed by atoms with E-state index in [0.29, 0.717) is 46.0 Å². The van der Waals surface area contributed by atoms with Crippen molar-refractivity contribution < 1.29 is 14.3 Å². The van der Waals surface area contributed by atoms with Gasteiger partial charge < -0.3 is 14.8 Å². The van der Waals surface area contributed by atoms with Crippen molar-refractivity contribution in [2.24, 2.45) is 5.41 Å². The third-order valence-electron chi connectivity index (χ3n) is 4.43. The maximum atomic E-state index is 12.5. The number of ether oxygens (including phenoxy) is 2. The third kappa shape index (κ3) is 2.92. The van der Waals surface area contributed by atoms with Crippen molar-refractivity contribution in [2.45, 2.75) is 12.8 Å². The van der Waals surface area contributed by atoms with Crippen LogP contribution in [0.1, 0.15) is 23.2 Å². The molecule has 4 rings (SSSR count). The van der Waals surface area contributed by atoms with Crippen LogP contribution in [0.5, 0.6) is 11.5 Å². The first-order valence-corrected chi connectivity index (χ1v) is 8.47. The van der Waals surface area contributed by atoms with E-state index in [1.165, 1.54) is 0 Å². The number of carbonyl (C=O) groups is 1. The molecule has 1 N–H and O–H groups in total. The number of nitrogens with one attached hydrogen (secondary N) is 1. The topological polar surface area (TPSA) is 47.6 Å². The highest BCUT2D eigenvalue weighted by Gasteiger charge is 2.46. The SMILES string of the molecule is O=C(Nc1cccc(Cl)c1Cl)c1ccc2c(c1)OCC1(CC1)CO2. The Morgan fingerprint density at radius 3 is 2.54 bits per heavy atom. The Kier molecular flexibility index (Phi) is 3.82. The molecule has 1 spiro atoms. The molecular formula is C18H15Cl2NO3. The second-order valence-electron chi connectivity index (χ2n) is 6.29. The Morgan fingerprint density at radius 1 is 1.04 bits per heavy atom. The van der Waals surface area contributed by atoms with Crippen LogP contribution >= 0.6 is 23.2 Å². The molecule has 1 saturated carbocycles. The fraction of sp³-hybridized carbons (Fsp3) is 0.278. The van der Waals surface area contributed by atoms with Gasteiger partial charge in [0, 0.05) is 11.0 Å². The largest absolute Gasteiger partial charge is 0.489 e. The molecule has 1 amide bonds. The van der Waals surface area contributed by atoms with E-state index in [9.17, 15) is 4.79 Å². The lowest BCUT2D eigenvalue weighted by atomic mass is 10.1. The van der Waals surface area contributed by atoms with Gasteiger partial charge in [0.2, 0.25) is 0 Å². The van der Waals surface area contributed by atoms with E-state index in [4.69, 9.17) is 32.7 Å². The fourth-order valence-corrected chi connectivity index (χ4v) is 2.99. The Hall–Kier alpha value is -1.91. The molecule has 124 valence electrons. The van der Waals surface area contributed by atoms with Crippen LogP contribution in [0.2, 0.25) is 10.0 Å². The van der Waals surface area contributed by atoms with E-state index in [1.807, 2.05) is 0 Å². The van der Waals surface area contributed by atoms with Crippen LogP contribution < -0.4 is 14.8 Å². The maximum absolute atomic E-state index is 12.5. The zero-order chi connectivity index (χ0) is 16.7. The number of fused-ring (bicyclic) bond motifs is 1. The fourth-order valence-electron chi connectivity index (χ4n) is 2.64. The van der Waals surface area contributed by atoms with Crippen LogP contribution in [-0.4, -0.2) is 19.1 Å². The Morgan fingerprint density at radius 2 is 1.79 bits per heavy atom. The minimum Gasteiger partial charge on any atom is -0.489 e. The Bertz CT molecular complexity index is 818. The lowest BCUT2D eigenvalue weighted by Gasteiger charge is -2.11. The number of hydrogen-bond donors (Lipinski definition) is 1. The number of carbonyl (C=O) groups excluding carboxylic acids is 1. The van der Waals surface area contributed by atoms with E-state index in [-0.39, 0.29) is 11.3 Å². The van der Waals surface area contributed by atoms with Crippen molar-refractivity contribution in [1.29, 1.82) is 0 Å². The minimum absolute atomic E-state index is 0.162. The summed E-state index contributed by atoms with van der Waals surface area (Å²) in [6.45, 7) is 1.30. The molecule has 0 bridgehead atoms. The predicted molar refractivity (Wildman–Crippen MR) is 93.5 cm³/mol. The standard InChI is InChI=1S/C18H15Cl2NO3/c19-12-2-1-3-13(16(12)20)21-17(22)11-4-5-14-15(8-11)24-10-18(6-7-18)9-23-14/h1-5,8H,6-7,9-10H2,(H,21,22).